The summed E-state index contributed by atoms with van der Waals surface area (Å²) in [5.74, 6) is 0.0215. The molecule has 1 atom stereocenters. The summed E-state index contributed by atoms with van der Waals surface area (Å²) in [6.07, 6.45) is 1.58. The highest BCUT2D eigenvalue weighted by molar-refractivity contribution is 6.31. The van der Waals surface area contributed by atoms with Gasteiger partial charge >= 0.3 is 6.03 Å². The number of rotatable bonds is 3. The van der Waals surface area contributed by atoms with Crippen LogP contribution in [0.1, 0.15) is 22.8 Å². The lowest BCUT2D eigenvalue weighted by Crippen LogP contribution is -2.34. The van der Waals surface area contributed by atoms with Crippen LogP contribution in [0.15, 0.2) is 36.5 Å². The zero-order valence-corrected chi connectivity index (χ0v) is 14.1. The summed E-state index contributed by atoms with van der Waals surface area (Å²) in [5.41, 5.74) is 7.08. The summed E-state index contributed by atoms with van der Waals surface area (Å²) in [6.45, 7) is 4.25. The number of hydrogen-bond acceptors (Lipinski definition) is 3. The van der Waals surface area contributed by atoms with E-state index in [1.54, 1.807) is 46.3 Å². The van der Waals surface area contributed by atoms with Crippen LogP contribution in [0.25, 0.3) is 0 Å². The Bertz CT molecular complexity index is 824. The SMILES string of the molecule is Cc1c(Cl)ccnc1N1C[C@H](C)N(c2cccc(C(N)=O)c2)C1=O. The minimum absolute atomic E-state index is 0.0826. The Balaban J connectivity index is 1.98. The van der Waals surface area contributed by atoms with Crippen LogP contribution in [-0.4, -0.2) is 29.5 Å². The first-order chi connectivity index (χ1) is 11.4. The average molecular weight is 345 g/mol. The van der Waals surface area contributed by atoms with Crippen molar-refractivity contribution in [3.63, 3.8) is 0 Å². The number of benzene rings is 1. The normalized spacial score (nSPS) is 17.5. The van der Waals surface area contributed by atoms with E-state index in [9.17, 15) is 9.59 Å². The van der Waals surface area contributed by atoms with E-state index < -0.39 is 5.91 Å². The van der Waals surface area contributed by atoms with Gasteiger partial charge in [0.05, 0.1) is 6.04 Å². The fourth-order valence-electron chi connectivity index (χ4n) is 2.87. The molecule has 1 fully saturated rings. The van der Waals surface area contributed by atoms with E-state index in [0.717, 1.165) is 5.56 Å². The Labute approximate surface area is 144 Å². The van der Waals surface area contributed by atoms with Crippen molar-refractivity contribution in [1.82, 2.24) is 4.98 Å². The lowest BCUT2D eigenvalue weighted by Gasteiger charge is -2.21. The molecule has 1 aliphatic rings. The number of halogens is 1. The smallest absolute Gasteiger partial charge is 0.330 e. The molecule has 2 aromatic rings. The molecule has 6 nitrogen and oxygen atoms in total. The summed E-state index contributed by atoms with van der Waals surface area (Å²) in [7, 11) is 0. The van der Waals surface area contributed by atoms with Crippen LogP contribution in [0.2, 0.25) is 5.02 Å². The molecule has 0 saturated carbocycles. The quantitative estimate of drug-likeness (QED) is 0.929. The molecule has 0 spiro atoms. The van der Waals surface area contributed by atoms with Gasteiger partial charge in [0.25, 0.3) is 0 Å². The first-order valence-corrected chi connectivity index (χ1v) is 7.89. The molecule has 3 rings (SSSR count). The van der Waals surface area contributed by atoms with Crippen LogP contribution in [0.3, 0.4) is 0 Å². The minimum Gasteiger partial charge on any atom is -0.366 e. The number of aromatic nitrogens is 1. The fraction of sp³-hybridized carbons (Fsp3) is 0.235. The van der Waals surface area contributed by atoms with Gasteiger partial charge in [-0.3, -0.25) is 14.6 Å². The van der Waals surface area contributed by atoms with E-state index in [-0.39, 0.29) is 12.1 Å². The summed E-state index contributed by atoms with van der Waals surface area (Å²) < 4.78 is 0. The van der Waals surface area contributed by atoms with Crippen molar-refractivity contribution in [2.45, 2.75) is 19.9 Å². The number of primary amides is 1. The third-order valence-corrected chi connectivity index (χ3v) is 4.51. The summed E-state index contributed by atoms with van der Waals surface area (Å²) in [5, 5.41) is 0.564. The van der Waals surface area contributed by atoms with E-state index in [1.165, 1.54) is 0 Å². The molecular weight excluding hydrogens is 328 g/mol. The number of hydrogen-bond donors (Lipinski definition) is 1. The second-order valence-corrected chi connectivity index (χ2v) is 6.18. The van der Waals surface area contributed by atoms with E-state index in [2.05, 4.69) is 4.98 Å². The van der Waals surface area contributed by atoms with Crippen molar-refractivity contribution in [1.29, 1.82) is 0 Å². The molecule has 2 N–H and O–H groups in total. The van der Waals surface area contributed by atoms with Gasteiger partial charge in [0.2, 0.25) is 5.91 Å². The Morgan fingerprint density at radius 2 is 2.12 bits per heavy atom. The zero-order chi connectivity index (χ0) is 17.4. The molecule has 1 aromatic heterocycles. The molecule has 1 saturated heterocycles. The molecule has 0 unspecified atom stereocenters. The lowest BCUT2D eigenvalue weighted by atomic mass is 10.1. The molecule has 124 valence electrons. The highest BCUT2D eigenvalue weighted by atomic mass is 35.5. The molecule has 0 radical (unpaired) electrons. The monoisotopic (exact) mass is 344 g/mol. The maximum absolute atomic E-state index is 12.9. The molecule has 1 aliphatic heterocycles. The number of nitrogens with zero attached hydrogens (tertiary/aromatic N) is 3. The lowest BCUT2D eigenvalue weighted by molar-refractivity contribution is 0.1000. The number of amides is 3. The fourth-order valence-corrected chi connectivity index (χ4v) is 3.01. The van der Waals surface area contributed by atoms with E-state index in [4.69, 9.17) is 17.3 Å². The van der Waals surface area contributed by atoms with Crippen molar-refractivity contribution >= 4 is 35.0 Å². The predicted octanol–water partition coefficient (Wildman–Crippen LogP) is 2.98. The van der Waals surface area contributed by atoms with Crippen LogP contribution < -0.4 is 15.5 Å². The van der Waals surface area contributed by atoms with Gasteiger partial charge in [-0.2, -0.15) is 0 Å². The molecule has 2 heterocycles. The maximum Gasteiger partial charge on any atom is 0.330 e. The minimum atomic E-state index is -0.527. The van der Waals surface area contributed by atoms with Gasteiger partial charge in [-0.05, 0) is 38.1 Å². The first kappa shape index (κ1) is 16.3. The third-order valence-electron chi connectivity index (χ3n) is 4.10. The van der Waals surface area contributed by atoms with Crippen LogP contribution >= 0.6 is 11.6 Å². The second-order valence-electron chi connectivity index (χ2n) is 5.77. The molecular formula is C17H17ClN4O2. The number of anilines is 2. The van der Waals surface area contributed by atoms with Crippen LogP contribution in [-0.2, 0) is 0 Å². The van der Waals surface area contributed by atoms with Crippen LogP contribution in [0, 0.1) is 6.92 Å². The maximum atomic E-state index is 12.9. The molecule has 1 aromatic carbocycles. The van der Waals surface area contributed by atoms with Gasteiger partial charge < -0.3 is 5.73 Å². The largest absolute Gasteiger partial charge is 0.366 e. The zero-order valence-electron chi connectivity index (χ0n) is 13.4. The number of urea groups is 1. The number of pyridine rings is 1. The van der Waals surface area contributed by atoms with Crippen molar-refractivity contribution in [3.05, 3.63) is 52.7 Å². The van der Waals surface area contributed by atoms with Gasteiger partial charge in [-0.1, -0.05) is 17.7 Å². The van der Waals surface area contributed by atoms with E-state index in [0.29, 0.717) is 28.6 Å². The Morgan fingerprint density at radius 1 is 1.38 bits per heavy atom. The van der Waals surface area contributed by atoms with E-state index in [1.807, 2.05) is 13.8 Å². The number of nitrogens with two attached hydrogens (primary N) is 1. The summed E-state index contributed by atoms with van der Waals surface area (Å²) in [4.78, 5) is 31.8. The average Bonchev–Trinajstić information content (AvgIpc) is 2.85. The highest BCUT2D eigenvalue weighted by Crippen LogP contribution is 2.31. The van der Waals surface area contributed by atoms with Crippen molar-refractivity contribution < 1.29 is 9.59 Å². The van der Waals surface area contributed by atoms with Gasteiger partial charge in [0.15, 0.2) is 0 Å². The Kier molecular flexibility index (Phi) is 4.15. The molecule has 3 amide bonds. The Morgan fingerprint density at radius 3 is 2.83 bits per heavy atom. The van der Waals surface area contributed by atoms with Gasteiger partial charge in [-0.15, -0.1) is 0 Å². The number of carbonyl (C=O) groups excluding carboxylic acids is 2. The third kappa shape index (κ3) is 2.69. The highest BCUT2D eigenvalue weighted by Gasteiger charge is 2.38. The van der Waals surface area contributed by atoms with Gasteiger partial charge in [-0.25, -0.2) is 9.78 Å². The first-order valence-electron chi connectivity index (χ1n) is 7.52. The van der Waals surface area contributed by atoms with Crippen LogP contribution in [0.5, 0.6) is 0 Å². The standard InChI is InChI=1S/C17H17ClN4O2/c1-10-9-21(16-11(2)14(18)6-7-20-16)17(24)22(10)13-5-3-4-12(8-13)15(19)23/h3-8,10H,9H2,1-2H3,(H2,19,23)/t10-/m0/s1. The molecule has 0 bridgehead atoms. The molecule has 7 heteroatoms. The van der Waals surface area contributed by atoms with Crippen molar-refractivity contribution in [2.75, 3.05) is 16.3 Å². The van der Waals surface area contributed by atoms with Gasteiger partial charge in [0.1, 0.15) is 5.82 Å². The summed E-state index contributed by atoms with van der Waals surface area (Å²) in [6, 6.07) is 8.14. The van der Waals surface area contributed by atoms with E-state index >= 15 is 0 Å². The molecule has 0 aliphatic carbocycles. The predicted molar refractivity (Wildman–Crippen MR) is 93.6 cm³/mol. The Hall–Kier alpha value is -2.60. The summed E-state index contributed by atoms with van der Waals surface area (Å²) >= 11 is 6.14. The second kappa shape index (κ2) is 6.13. The van der Waals surface area contributed by atoms with Crippen molar-refractivity contribution in [2.24, 2.45) is 5.73 Å². The number of carbonyl (C=O) groups is 2. The topological polar surface area (TPSA) is 79.5 Å². The van der Waals surface area contributed by atoms with Gasteiger partial charge in [0, 0.05) is 34.6 Å². The van der Waals surface area contributed by atoms with Crippen molar-refractivity contribution in [3.8, 4) is 0 Å². The van der Waals surface area contributed by atoms with Crippen LogP contribution in [0.4, 0.5) is 16.3 Å². The molecule has 24 heavy (non-hydrogen) atoms.